The summed E-state index contributed by atoms with van der Waals surface area (Å²) in [7, 11) is 0. The third kappa shape index (κ3) is 3.82. The van der Waals surface area contributed by atoms with Crippen molar-refractivity contribution in [2.75, 3.05) is 5.32 Å². The number of halogens is 2. The third-order valence-electron chi connectivity index (χ3n) is 4.39. The highest BCUT2D eigenvalue weighted by molar-refractivity contribution is 9.10. The van der Waals surface area contributed by atoms with Gasteiger partial charge in [0.15, 0.2) is 0 Å². The average molecular weight is 438 g/mol. The number of aryl methyl sites for hydroxylation is 1. The van der Waals surface area contributed by atoms with Crippen LogP contribution in [0, 0.1) is 12.7 Å². The van der Waals surface area contributed by atoms with Gasteiger partial charge in [-0.05, 0) is 48.9 Å². The molecule has 140 valence electrons. The molecule has 0 amide bonds. The highest BCUT2D eigenvalue weighted by atomic mass is 79.9. The molecule has 4 nitrogen and oxygen atoms in total. The van der Waals surface area contributed by atoms with Gasteiger partial charge in [0.1, 0.15) is 11.9 Å². The molecular weight excluding hydrogens is 421 g/mol. The monoisotopic (exact) mass is 437 g/mol. The minimum atomic E-state index is -0.619. The first-order valence-corrected chi connectivity index (χ1v) is 9.57. The lowest BCUT2D eigenvalue weighted by atomic mass is 10.1. The molecule has 0 radical (unpaired) electrons. The molecule has 3 aromatic carbocycles. The lowest BCUT2D eigenvalue weighted by molar-refractivity contribution is 0.485. The molecule has 0 unspecified atom stereocenters. The molecular formula is C22H17BrFN3O. The van der Waals surface area contributed by atoms with Gasteiger partial charge in [-0.25, -0.2) is 4.39 Å². The fourth-order valence-corrected chi connectivity index (χ4v) is 3.18. The van der Waals surface area contributed by atoms with Crippen LogP contribution in [0.25, 0.3) is 11.5 Å². The van der Waals surface area contributed by atoms with Crippen LogP contribution in [0.2, 0.25) is 0 Å². The van der Waals surface area contributed by atoms with Crippen molar-refractivity contribution in [1.82, 2.24) is 10.2 Å². The van der Waals surface area contributed by atoms with Gasteiger partial charge in [0.25, 0.3) is 0 Å². The molecule has 0 spiro atoms. The molecule has 1 atom stereocenters. The minimum absolute atomic E-state index is 0.296. The Bertz CT molecular complexity index is 1100. The Balaban J connectivity index is 1.74. The van der Waals surface area contributed by atoms with Gasteiger partial charge in [0.05, 0.1) is 0 Å². The maximum Gasteiger partial charge on any atom is 0.247 e. The van der Waals surface area contributed by atoms with Crippen LogP contribution in [0.5, 0.6) is 0 Å². The third-order valence-corrected chi connectivity index (χ3v) is 5.28. The summed E-state index contributed by atoms with van der Waals surface area (Å²) < 4.78 is 21.5. The van der Waals surface area contributed by atoms with Gasteiger partial charge < -0.3 is 9.73 Å². The number of benzene rings is 3. The van der Waals surface area contributed by atoms with Crippen LogP contribution in [-0.4, -0.2) is 10.2 Å². The zero-order valence-corrected chi connectivity index (χ0v) is 16.7. The molecule has 0 aliphatic heterocycles. The predicted molar refractivity (Wildman–Crippen MR) is 110 cm³/mol. The number of nitrogens with zero attached hydrogens (tertiary/aromatic N) is 2. The van der Waals surface area contributed by atoms with Crippen molar-refractivity contribution in [2.45, 2.75) is 13.0 Å². The van der Waals surface area contributed by atoms with E-state index in [-0.39, 0.29) is 5.82 Å². The fraction of sp³-hybridized carbons (Fsp3) is 0.0909. The van der Waals surface area contributed by atoms with E-state index < -0.39 is 6.04 Å². The summed E-state index contributed by atoms with van der Waals surface area (Å²) >= 11 is 3.50. The van der Waals surface area contributed by atoms with E-state index in [0.717, 1.165) is 21.3 Å². The van der Waals surface area contributed by atoms with Gasteiger partial charge in [-0.1, -0.05) is 52.3 Å². The van der Waals surface area contributed by atoms with Gasteiger partial charge in [0.2, 0.25) is 11.8 Å². The zero-order chi connectivity index (χ0) is 19.5. The number of nitrogens with one attached hydrogen (secondary N) is 1. The van der Waals surface area contributed by atoms with E-state index in [9.17, 15) is 4.39 Å². The quantitative estimate of drug-likeness (QED) is 0.406. The minimum Gasteiger partial charge on any atom is -0.418 e. The lowest BCUT2D eigenvalue weighted by Crippen LogP contribution is -2.14. The molecule has 0 saturated carbocycles. The number of hydrogen-bond donors (Lipinski definition) is 1. The van der Waals surface area contributed by atoms with Gasteiger partial charge in [-0.3, -0.25) is 0 Å². The highest BCUT2D eigenvalue weighted by Crippen LogP contribution is 2.31. The van der Waals surface area contributed by atoms with E-state index in [4.69, 9.17) is 4.42 Å². The zero-order valence-electron chi connectivity index (χ0n) is 15.1. The Kier molecular flexibility index (Phi) is 5.21. The Morgan fingerprint density at radius 1 is 0.964 bits per heavy atom. The average Bonchev–Trinajstić information content (AvgIpc) is 3.20. The van der Waals surface area contributed by atoms with Crippen molar-refractivity contribution < 1.29 is 8.81 Å². The van der Waals surface area contributed by atoms with E-state index >= 15 is 0 Å². The maximum atomic E-state index is 14.6. The van der Waals surface area contributed by atoms with Crippen LogP contribution in [-0.2, 0) is 0 Å². The largest absolute Gasteiger partial charge is 0.418 e. The second-order valence-corrected chi connectivity index (χ2v) is 7.23. The predicted octanol–water partition coefficient (Wildman–Crippen LogP) is 6.15. The first-order valence-electron chi connectivity index (χ1n) is 8.78. The van der Waals surface area contributed by atoms with Crippen LogP contribution < -0.4 is 5.32 Å². The molecule has 0 saturated heterocycles. The SMILES string of the molecule is Cc1cc(N[C@H](c2nnc(-c3ccccc3)o2)c2ccccc2F)ccc1Br. The molecule has 4 aromatic rings. The van der Waals surface area contributed by atoms with Gasteiger partial charge in [-0.15, -0.1) is 10.2 Å². The fourth-order valence-electron chi connectivity index (χ4n) is 2.93. The molecule has 0 aliphatic carbocycles. The molecule has 1 aromatic heterocycles. The first kappa shape index (κ1) is 18.4. The van der Waals surface area contributed by atoms with Crippen LogP contribution in [0.1, 0.15) is 23.1 Å². The van der Waals surface area contributed by atoms with E-state index in [0.29, 0.717) is 17.3 Å². The summed E-state index contributed by atoms with van der Waals surface area (Å²) in [5.74, 6) is 0.351. The van der Waals surface area contributed by atoms with Crippen LogP contribution in [0.3, 0.4) is 0 Å². The van der Waals surface area contributed by atoms with Crippen LogP contribution >= 0.6 is 15.9 Å². The van der Waals surface area contributed by atoms with E-state index in [1.54, 1.807) is 18.2 Å². The normalized spacial score (nSPS) is 12.0. The summed E-state index contributed by atoms with van der Waals surface area (Å²) in [6.45, 7) is 1.99. The van der Waals surface area contributed by atoms with E-state index in [2.05, 4.69) is 31.4 Å². The van der Waals surface area contributed by atoms with Crippen molar-refractivity contribution >= 4 is 21.6 Å². The molecule has 1 heterocycles. The van der Waals surface area contributed by atoms with Gasteiger partial charge >= 0.3 is 0 Å². The number of aromatic nitrogens is 2. The summed E-state index contributed by atoms with van der Waals surface area (Å²) in [6, 6.07) is 21.3. The summed E-state index contributed by atoms with van der Waals surface area (Å²) in [6.07, 6.45) is 0. The molecule has 28 heavy (non-hydrogen) atoms. The highest BCUT2D eigenvalue weighted by Gasteiger charge is 2.24. The van der Waals surface area contributed by atoms with Crippen molar-refractivity contribution in [2.24, 2.45) is 0 Å². The number of anilines is 1. The topological polar surface area (TPSA) is 51.0 Å². The van der Waals surface area contributed by atoms with Gasteiger partial charge in [-0.2, -0.15) is 0 Å². The summed E-state index contributed by atoms with van der Waals surface area (Å²) in [5.41, 5.74) is 3.14. The molecule has 0 bridgehead atoms. The molecule has 4 rings (SSSR count). The van der Waals surface area contributed by atoms with E-state index in [1.165, 1.54) is 6.07 Å². The maximum absolute atomic E-state index is 14.6. The lowest BCUT2D eigenvalue weighted by Gasteiger charge is -2.18. The Morgan fingerprint density at radius 2 is 1.71 bits per heavy atom. The molecule has 0 aliphatic rings. The number of hydrogen-bond acceptors (Lipinski definition) is 4. The van der Waals surface area contributed by atoms with Crippen molar-refractivity contribution in [3.05, 3.63) is 100 Å². The van der Waals surface area contributed by atoms with Crippen LogP contribution in [0.15, 0.2) is 81.7 Å². The molecule has 6 heteroatoms. The second kappa shape index (κ2) is 7.94. The summed E-state index contributed by atoms with van der Waals surface area (Å²) in [5, 5.41) is 11.7. The molecule has 1 N–H and O–H groups in total. The Hall–Kier alpha value is -2.99. The van der Waals surface area contributed by atoms with Gasteiger partial charge in [0, 0.05) is 21.3 Å². The van der Waals surface area contributed by atoms with Crippen molar-refractivity contribution in [3.63, 3.8) is 0 Å². The van der Waals surface area contributed by atoms with Crippen molar-refractivity contribution in [1.29, 1.82) is 0 Å². The van der Waals surface area contributed by atoms with E-state index in [1.807, 2.05) is 55.5 Å². The standard InChI is InChI=1S/C22H17BrFN3O/c1-14-13-16(11-12-18(14)23)25-20(17-9-5-6-10-19(17)24)22-27-26-21(28-22)15-7-3-2-4-8-15/h2-13,20,25H,1H3/t20-/m0/s1. The Labute approximate surface area is 170 Å². The summed E-state index contributed by atoms with van der Waals surface area (Å²) in [4.78, 5) is 0. The van der Waals surface area contributed by atoms with Crippen molar-refractivity contribution in [3.8, 4) is 11.5 Å². The second-order valence-electron chi connectivity index (χ2n) is 6.37. The van der Waals surface area contributed by atoms with Crippen LogP contribution in [0.4, 0.5) is 10.1 Å². The number of rotatable bonds is 5. The smallest absolute Gasteiger partial charge is 0.247 e. The molecule has 0 fully saturated rings. The first-order chi connectivity index (χ1) is 13.6. The Morgan fingerprint density at radius 3 is 2.46 bits per heavy atom.